The summed E-state index contributed by atoms with van der Waals surface area (Å²) in [6, 6.07) is 24.5. The molecule has 3 aromatic carbocycles. The summed E-state index contributed by atoms with van der Waals surface area (Å²) in [5, 5.41) is 15.4. The van der Waals surface area contributed by atoms with Crippen LogP contribution < -0.4 is 15.5 Å². The largest absolute Gasteiger partial charge is 0.393 e. The molecule has 1 fully saturated rings. The second-order valence-corrected chi connectivity index (χ2v) is 9.66. The molecule has 0 bridgehead atoms. The number of hydrogen-bond donors (Lipinski definition) is 3. The summed E-state index contributed by atoms with van der Waals surface area (Å²) in [5.74, 6) is -0.616. The number of rotatable bonds is 7. The molecule has 3 N–H and O–H groups in total. The van der Waals surface area contributed by atoms with Gasteiger partial charge < -0.3 is 25.2 Å². The van der Waals surface area contributed by atoms with Crippen molar-refractivity contribution >= 4 is 34.7 Å². The minimum Gasteiger partial charge on any atom is -0.393 e. The van der Waals surface area contributed by atoms with Crippen molar-refractivity contribution in [2.75, 3.05) is 28.6 Å². The van der Waals surface area contributed by atoms with Gasteiger partial charge in [0.05, 0.1) is 6.10 Å². The van der Waals surface area contributed by atoms with Gasteiger partial charge in [-0.05, 0) is 97.8 Å². The Hall–Kier alpha value is -4.69. The van der Waals surface area contributed by atoms with Gasteiger partial charge in [-0.1, -0.05) is 0 Å². The lowest BCUT2D eigenvalue weighted by molar-refractivity contribution is 0.101. The fourth-order valence-corrected chi connectivity index (χ4v) is 4.62. The third-order valence-electron chi connectivity index (χ3n) is 6.95. The van der Waals surface area contributed by atoms with Gasteiger partial charge >= 0.3 is 0 Å². The molecule has 8 heteroatoms. The van der Waals surface area contributed by atoms with E-state index < -0.39 is 0 Å². The maximum absolute atomic E-state index is 13.0. The maximum atomic E-state index is 13.0. The number of benzene rings is 3. The number of anilines is 3. The van der Waals surface area contributed by atoms with Crippen LogP contribution in [-0.2, 0) is 7.05 Å². The zero-order chi connectivity index (χ0) is 27.4. The zero-order valence-electron chi connectivity index (χ0n) is 21.6. The monoisotopic (exact) mass is 522 g/mol. The highest BCUT2D eigenvalue weighted by atomic mass is 16.3. The summed E-state index contributed by atoms with van der Waals surface area (Å²) in [5.41, 5.74) is 4.28. The van der Waals surface area contributed by atoms with Crippen LogP contribution in [0.2, 0.25) is 0 Å². The van der Waals surface area contributed by atoms with Crippen LogP contribution in [0, 0.1) is 0 Å². The Morgan fingerprint density at radius 1 is 0.718 bits per heavy atom. The van der Waals surface area contributed by atoms with E-state index in [0.29, 0.717) is 33.8 Å². The Balaban J connectivity index is 1.17. The molecule has 4 aromatic rings. The van der Waals surface area contributed by atoms with Crippen molar-refractivity contribution in [3.05, 3.63) is 114 Å². The van der Waals surface area contributed by atoms with Crippen molar-refractivity contribution in [1.29, 1.82) is 0 Å². The Morgan fingerprint density at radius 2 is 1.23 bits per heavy atom. The van der Waals surface area contributed by atoms with E-state index in [2.05, 4.69) is 15.5 Å². The van der Waals surface area contributed by atoms with Gasteiger partial charge in [-0.3, -0.25) is 14.4 Å². The predicted octanol–water partition coefficient (Wildman–Crippen LogP) is 4.72. The summed E-state index contributed by atoms with van der Waals surface area (Å²) < 4.78 is 1.73. The molecular weight excluding hydrogens is 492 g/mol. The van der Waals surface area contributed by atoms with Crippen LogP contribution in [0.4, 0.5) is 17.1 Å². The van der Waals surface area contributed by atoms with Gasteiger partial charge in [-0.2, -0.15) is 0 Å². The molecule has 8 nitrogen and oxygen atoms in total. The molecule has 1 saturated heterocycles. The highest BCUT2D eigenvalue weighted by molar-refractivity contribution is 6.10. The average Bonchev–Trinajstić information content (AvgIpc) is 3.40. The van der Waals surface area contributed by atoms with Crippen LogP contribution in [0.3, 0.4) is 0 Å². The molecule has 2 amide bonds. The molecule has 1 aliphatic rings. The first-order valence-corrected chi connectivity index (χ1v) is 12.9. The molecule has 39 heavy (non-hydrogen) atoms. The number of ketones is 1. The van der Waals surface area contributed by atoms with Gasteiger partial charge in [0.1, 0.15) is 5.69 Å². The first-order chi connectivity index (χ1) is 18.9. The number of amides is 2. The summed E-state index contributed by atoms with van der Waals surface area (Å²) in [6.45, 7) is 1.60. The number of aliphatic hydroxyl groups is 1. The summed E-state index contributed by atoms with van der Waals surface area (Å²) in [7, 11) is 1.80. The van der Waals surface area contributed by atoms with Crippen molar-refractivity contribution < 1.29 is 19.5 Å². The SMILES string of the molecule is Cn1cccc1C(=O)Nc1ccc(C(=O)c2ccc(NC(=O)c3ccc(N4CCC(O)CC4)cc3)cc2)cc1. The Kier molecular flexibility index (Phi) is 7.56. The van der Waals surface area contributed by atoms with Crippen LogP contribution in [-0.4, -0.2) is 46.5 Å². The number of aromatic nitrogens is 1. The van der Waals surface area contributed by atoms with Crippen molar-refractivity contribution in [1.82, 2.24) is 4.57 Å². The number of aryl methyl sites for hydroxylation is 1. The van der Waals surface area contributed by atoms with Crippen LogP contribution in [0.15, 0.2) is 91.1 Å². The lowest BCUT2D eigenvalue weighted by Crippen LogP contribution is -2.35. The van der Waals surface area contributed by atoms with Crippen molar-refractivity contribution in [2.24, 2.45) is 7.05 Å². The van der Waals surface area contributed by atoms with Crippen molar-refractivity contribution in [3.63, 3.8) is 0 Å². The molecule has 0 atom stereocenters. The molecule has 0 unspecified atom stereocenters. The molecule has 0 saturated carbocycles. The van der Waals surface area contributed by atoms with E-state index >= 15 is 0 Å². The summed E-state index contributed by atoms with van der Waals surface area (Å²) >= 11 is 0. The summed E-state index contributed by atoms with van der Waals surface area (Å²) in [4.78, 5) is 40.3. The number of piperidine rings is 1. The van der Waals surface area contributed by atoms with Crippen LogP contribution in [0.5, 0.6) is 0 Å². The van der Waals surface area contributed by atoms with E-state index in [1.807, 2.05) is 12.1 Å². The molecule has 1 aliphatic heterocycles. The Morgan fingerprint density at radius 3 is 1.74 bits per heavy atom. The summed E-state index contributed by atoms with van der Waals surface area (Å²) in [6.07, 6.45) is 3.07. The highest BCUT2D eigenvalue weighted by Crippen LogP contribution is 2.22. The second kappa shape index (κ2) is 11.4. The third-order valence-corrected chi connectivity index (χ3v) is 6.95. The number of hydrogen-bond acceptors (Lipinski definition) is 5. The lowest BCUT2D eigenvalue weighted by atomic mass is 10.0. The molecule has 5 rings (SSSR count). The van der Waals surface area contributed by atoms with Gasteiger partial charge in [0.2, 0.25) is 0 Å². The highest BCUT2D eigenvalue weighted by Gasteiger charge is 2.18. The second-order valence-electron chi connectivity index (χ2n) is 9.66. The molecule has 0 aliphatic carbocycles. The standard InChI is InChI=1S/C31H30N4O4/c1-34-18-2-3-28(34)31(39)33-25-12-6-22(7-13-25)29(37)21-4-10-24(11-5-21)32-30(38)23-8-14-26(15-9-23)35-19-16-27(36)17-20-35/h2-15,18,27,36H,16-17,19-20H2,1H3,(H,32,38)(H,33,39). The van der Waals surface area contributed by atoms with Gasteiger partial charge in [-0.25, -0.2) is 0 Å². The molecule has 198 valence electrons. The quantitative estimate of drug-likeness (QED) is 0.305. The van der Waals surface area contributed by atoms with Crippen LogP contribution >= 0.6 is 0 Å². The Labute approximate surface area is 226 Å². The topological polar surface area (TPSA) is 104 Å². The number of aliphatic hydroxyl groups excluding tert-OH is 1. The number of nitrogens with one attached hydrogen (secondary N) is 2. The molecule has 1 aromatic heterocycles. The van der Waals surface area contributed by atoms with E-state index in [9.17, 15) is 19.5 Å². The van der Waals surface area contributed by atoms with Gasteiger partial charge in [0, 0.05) is 60.1 Å². The minimum absolute atomic E-state index is 0.158. The lowest BCUT2D eigenvalue weighted by Gasteiger charge is -2.31. The number of nitrogens with zero attached hydrogens (tertiary/aromatic N) is 2. The third kappa shape index (κ3) is 6.08. The van der Waals surface area contributed by atoms with E-state index in [-0.39, 0.29) is 23.7 Å². The van der Waals surface area contributed by atoms with Gasteiger partial charge in [0.25, 0.3) is 11.8 Å². The Bertz CT molecular complexity index is 1470. The predicted molar refractivity (Wildman–Crippen MR) is 152 cm³/mol. The minimum atomic E-state index is -0.234. The molecular formula is C31H30N4O4. The van der Waals surface area contributed by atoms with E-state index in [0.717, 1.165) is 31.6 Å². The fraction of sp³-hybridized carbons (Fsp3) is 0.194. The first kappa shape index (κ1) is 25.9. The maximum Gasteiger partial charge on any atom is 0.272 e. The number of carbonyl (C=O) groups excluding carboxylic acids is 3. The van der Waals surface area contributed by atoms with Gasteiger partial charge in [-0.15, -0.1) is 0 Å². The molecule has 2 heterocycles. The number of carbonyl (C=O) groups is 3. The van der Waals surface area contributed by atoms with E-state index in [1.165, 1.54) is 0 Å². The molecule has 0 spiro atoms. The molecule has 0 radical (unpaired) electrons. The van der Waals surface area contributed by atoms with Crippen molar-refractivity contribution in [3.8, 4) is 0 Å². The normalized spacial score (nSPS) is 13.6. The van der Waals surface area contributed by atoms with Crippen molar-refractivity contribution in [2.45, 2.75) is 18.9 Å². The average molecular weight is 523 g/mol. The van der Waals surface area contributed by atoms with Crippen LogP contribution in [0.1, 0.15) is 49.6 Å². The van der Waals surface area contributed by atoms with Crippen LogP contribution in [0.25, 0.3) is 0 Å². The smallest absolute Gasteiger partial charge is 0.272 e. The fourth-order valence-electron chi connectivity index (χ4n) is 4.62. The first-order valence-electron chi connectivity index (χ1n) is 12.9. The zero-order valence-corrected chi connectivity index (χ0v) is 21.6. The van der Waals surface area contributed by atoms with E-state index in [1.54, 1.807) is 90.6 Å². The van der Waals surface area contributed by atoms with Gasteiger partial charge in [0.15, 0.2) is 5.78 Å². The van der Waals surface area contributed by atoms with E-state index in [4.69, 9.17) is 0 Å².